The SMILES string of the molecule is Cc1cc(C)c2nc(N3C(=O)C(=O)C(=C(O)c4ccccc4)[C@@H]3c3cccc([N+](=O)[O-])c3)sc2c1. The maximum Gasteiger partial charge on any atom is 0.301 e. The van der Waals surface area contributed by atoms with Crippen molar-refractivity contribution in [3.8, 4) is 0 Å². The minimum atomic E-state index is -1.09. The number of hydrogen-bond donors (Lipinski definition) is 1. The summed E-state index contributed by atoms with van der Waals surface area (Å²) >= 11 is 1.25. The average Bonchev–Trinajstić information content (AvgIpc) is 3.38. The van der Waals surface area contributed by atoms with Crippen LogP contribution in [0.3, 0.4) is 0 Å². The Morgan fingerprint density at radius 1 is 1.06 bits per heavy atom. The lowest BCUT2D eigenvalue weighted by molar-refractivity contribution is -0.384. The molecule has 8 nitrogen and oxygen atoms in total. The number of aliphatic hydroxyl groups is 1. The van der Waals surface area contributed by atoms with Crippen LogP contribution in [0.15, 0.2) is 72.3 Å². The van der Waals surface area contributed by atoms with Crippen LogP contribution in [0.1, 0.15) is 28.3 Å². The topological polar surface area (TPSA) is 114 Å². The zero-order valence-electron chi connectivity index (χ0n) is 18.8. The van der Waals surface area contributed by atoms with Gasteiger partial charge in [-0.2, -0.15) is 0 Å². The molecule has 1 saturated heterocycles. The molecule has 0 saturated carbocycles. The largest absolute Gasteiger partial charge is 0.507 e. The number of anilines is 1. The molecule has 1 amide bonds. The van der Waals surface area contributed by atoms with Crippen molar-refractivity contribution in [2.24, 2.45) is 0 Å². The van der Waals surface area contributed by atoms with Gasteiger partial charge in [0.15, 0.2) is 5.13 Å². The highest BCUT2D eigenvalue weighted by Gasteiger charge is 2.48. The van der Waals surface area contributed by atoms with Crippen molar-refractivity contribution in [3.05, 3.63) is 105 Å². The number of fused-ring (bicyclic) bond motifs is 1. The van der Waals surface area contributed by atoms with Crippen molar-refractivity contribution in [1.29, 1.82) is 0 Å². The molecule has 2 heterocycles. The number of amides is 1. The van der Waals surface area contributed by atoms with Gasteiger partial charge < -0.3 is 5.11 Å². The second kappa shape index (κ2) is 8.44. The van der Waals surface area contributed by atoms with Gasteiger partial charge >= 0.3 is 5.91 Å². The third-order valence-corrected chi connectivity index (χ3v) is 6.91. The van der Waals surface area contributed by atoms with Crippen molar-refractivity contribution in [1.82, 2.24) is 4.98 Å². The van der Waals surface area contributed by atoms with Crippen molar-refractivity contribution in [3.63, 3.8) is 0 Å². The molecule has 1 aliphatic rings. The summed E-state index contributed by atoms with van der Waals surface area (Å²) in [5.74, 6) is -2.08. The molecule has 174 valence electrons. The Balaban J connectivity index is 1.77. The Bertz CT molecular complexity index is 1560. The predicted molar refractivity (Wildman–Crippen MR) is 133 cm³/mol. The Kier molecular flexibility index (Phi) is 5.41. The monoisotopic (exact) mass is 485 g/mol. The number of nitro groups is 1. The quantitative estimate of drug-likeness (QED) is 0.135. The first-order chi connectivity index (χ1) is 16.8. The van der Waals surface area contributed by atoms with Gasteiger partial charge in [0.05, 0.1) is 26.8 Å². The summed E-state index contributed by atoms with van der Waals surface area (Å²) < 4.78 is 0.847. The van der Waals surface area contributed by atoms with Gasteiger partial charge in [-0.25, -0.2) is 4.98 Å². The minimum Gasteiger partial charge on any atom is -0.507 e. The standard InChI is InChI=1S/C26H19N3O5S/c1-14-11-15(2)21-19(12-14)35-26(27-21)28-22(17-9-6-10-18(13-17)29(33)34)20(24(31)25(28)32)23(30)16-7-4-3-5-8-16/h3-13,22,30H,1-2H3/t22-/m0/s1. The number of rotatable bonds is 4. The number of aromatic nitrogens is 1. The zero-order valence-corrected chi connectivity index (χ0v) is 19.6. The summed E-state index contributed by atoms with van der Waals surface area (Å²) in [6, 6.07) is 17.0. The molecule has 0 bridgehead atoms. The smallest absolute Gasteiger partial charge is 0.301 e. The summed E-state index contributed by atoms with van der Waals surface area (Å²) in [5, 5.41) is 22.9. The lowest BCUT2D eigenvalue weighted by atomic mass is 9.95. The molecule has 3 aromatic carbocycles. The molecule has 1 N–H and O–H groups in total. The van der Waals surface area contributed by atoms with Gasteiger partial charge in [-0.05, 0) is 36.6 Å². The Labute approximate surface area is 203 Å². The first kappa shape index (κ1) is 22.4. The van der Waals surface area contributed by atoms with Crippen molar-refractivity contribution < 1.29 is 19.6 Å². The number of thiazole rings is 1. The number of carbonyl (C=O) groups excluding carboxylic acids is 2. The molecule has 0 aliphatic carbocycles. The molecular formula is C26H19N3O5S. The van der Waals surface area contributed by atoms with E-state index in [-0.39, 0.29) is 22.2 Å². The van der Waals surface area contributed by atoms with E-state index in [0.717, 1.165) is 15.8 Å². The lowest BCUT2D eigenvalue weighted by Crippen LogP contribution is -2.29. The van der Waals surface area contributed by atoms with E-state index in [1.807, 2.05) is 26.0 Å². The van der Waals surface area contributed by atoms with Crippen LogP contribution in [-0.4, -0.2) is 26.7 Å². The zero-order chi connectivity index (χ0) is 24.9. The number of nitro benzene ring substituents is 1. The van der Waals surface area contributed by atoms with Crippen LogP contribution in [0, 0.1) is 24.0 Å². The molecule has 4 aromatic rings. The van der Waals surface area contributed by atoms with Crippen LogP contribution < -0.4 is 4.90 Å². The highest BCUT2D eigenvalue weighted by Crippen LogP contribution is 2.45. The third-order valence-electron chi connectivity index (χ3n) is 5.91. The number of aliphatic hydroxyl groups excluding tert-OH is 1. The molecule has 1 fully saturated rings. The second-order valence-corrected chi connectivity index (χ2v) is 9.32. The summed E-state index contributed by atoms with van der Waals surface area (Å²) in [7, 11) is 0. The van der Waals surface area contributed by atoms with Crippen LogP contribution >= 0.6 is 11.3 Å². The molecule has 1 aromatic heterocycles. The number of ketones is 1. The van der Waals surface area contributed by atoms with Gasteiger partial charge in [-0.15, -0.1) is 0 Å². The molecule has 35 heavy (non-hydrogen) atoms. The van der Waals surface area contributed by atoms with Crippen molar-refractivity contribution in [2.45, 2.75) is 19.9 Å². The van der Waals surface area contributed by atoms with Crippen LogP contribution in [-0.2, 0) is 9.59 Å². The fourth-order valence-corrected chi connectivity index (χ4v) is 5.54. The van der Waals surface area contributed by atoms with Crippen molar-refractivity contribution in [2.75, 3.05) is 4.90 Å². The van der Waals surface area contributed by atoms with E-state index >= 15 is 0 Å². The summed E-state index contributed by atoms with van der Waals surface area (Å²) in [6.07, 6.45) is 0. The molecule has 0 unspecified atom stereocenters. The Morgan fingerprint density at radius 3 is 2.51 bits per heavy atom. The number of benzene rings is 3. The van der Waals surface area contributed by atoms with Gasteiger partial charge in [0.1, 0.15) is 5.76 Å². The van der Waals surface area contributed by atoms with E-state index in [1.54, 1.807) is 36.4 Å². The maximum atomic E-state index is 13.3. The van der Waals surface area contributed by atoms with Gasteiger partial charge in [-0.1, -0.05) is 59.9 Å². The van der Waals surface area contributed by atoms with Crippen LogP contribution in [0.25, 0.3) is 16.0 Å². The van der Waals surface area contributed by atoms with Crippen molar-refractivity contribution >= 4 is 49.8 Å². The average molecular weight is 486 g/mol. The lowest BCUT2D eigenvalue weighted by Gasteiger charge is -2.22. The summed E-state index contributed by atoms with van der Waals surface area (Å²) in [4.78, 5) is 43.4. The number of carbonyl (C=O) groups is 2. The first-order valence-corrected chi connectivity index (χ1v) is 11.6. The van der Waals surface area contributed by atoms with Gasteiger partial charge in [0.2, 0.25) is 0 Å². The fraction of sp³-hybridized carbons (Fsp3) is 0.115. The highest BCUT2D eigenvalue weighted by atomic mass is 32.1. The Hall–Kier alpha value is -4.37. The molecule has 0 radical (unpaired) electrons. The van der Waals surface area contributed by atoms with E-state index in [9.17, 15) is 24.8 Å². The maximum absolute atomic E-state index is 13.3. The van der Waals surface area contributed by atoms with Crippen LogP contribution in [0.4, 0.5) is 10.8 Å². The van der Waals surface area contributed by atoms with E-state index in [2.05, 4.69) is 4.98 Å². The third kappa shape index (κ3) is 3.75. The number of nitrogens with zero attached hydrogens (tertiary/aromatic N) is 3. The molecule has 9 heteroatoms. The fourth-order valence-electron chi connectivity index (χ4n) is 4.37. The number of non-ortho nitro benzene ring substituents is 1. The minimum absolute atomic E-state index is 0.145. The predicted octanol–water partition coefficient (Wildman–Crippen LogP) is 5.45. The molecule has 1 aliphatic heterocycles. The molecule has 5 rings (SSSR count). The molecular weight excluding hydrogens is 466 g/mol. The number of Topliss-reactive ketones (excluding diaryl/α,β-unsaturated/α-hetero) is 1. The second-order valence-electron chi connectivity index (χ2n) is 8.31. The summed E-state index contributed by atoms with van der Waals surface area (Å²) in [5.41, 5.74) is 3.01. The normalized spacial score (nSPS) is 17.3. The van der Waals surface area contributed by atoms with Gasteiger partial charge in [-0.3, -0.25) is 24.6 Å². The molecule has 0 spiro atoms. The van der Waals surface area contributed by atoms with Gasteiger partial charge in [0, 0.05) is 17.7 Å². The summed E-state index contributed by atoms with van der Waals surface area (Å²) in [6.45, 7) is 3.88. The first-order valence-electron chi connectivity index (χ1n) is 10.7. The van der Waals surface area contributed by atoms with E-state index in [0.29, 0.717) is 16.6 Å². The van der Waals surface area contributed by atoms with Crippen LogP contribution in [0.2, 0.25) is 0 Å². The van der Waals surface area contributed by atoms with E-state index in [4.69, 9.17) is 0 Å². The van der Waals surface area contributed by atoms with Crippen LogP contribution in [0.5, 0.6) is 0 Å². The van der Waals surface area contributed by atoms with E-state index in [1.165, 1.54) is 34.4 Å². The van der Waals surface area contributed by atoms with Gasteiger partial charge in [0.25, 0.3) is 11.5 Å². The van der Waals surface area contributed by atoms with E-state index < -0.39 is 22.7 Å². The Morgan fingerprint density at radius 2 is 1.80 bits per heavy atom. The number of aryl methyl sites for hydroxylation is 2. The number of hydrogen-bond acceptors (Lipinski definition) is 7. The molecule has 1 atom stereocenters. The highest BCUT2D eigenvalue weighted by molar-refractivity contribution is 7.22.